The Hall–Kier alpha value is -2.05. The normalized spacial score (nSPS) is 10.6. The molecule has 2 heterocycles. The van der Waals surface area contributed by atoms with Crippen molar-refractivity contribution in [1.82, 2.24) is 9.97 Å². The summed E-state index contributed by atoms with van der Waals surface area (Å²) in [5.41, 5.74) is 3.50. The number of carbonyl (C=O) groups excluding carboxylic acids is 1. The predicted molar refractivity (Wildman–Crippen MR) is 96.9 cm³/mol. The summed E-state index contributed by atoms with van der Waals surface area (Å²) in [6.45, 7) is 3.85. The molecule has 0 unspecified atom stereocenters. The van der Waals surface area contributed by atoms with Gasteiger partial charge in [-0.05, 0) is 59.6 Å². The van der Waals surface area contributed by atoms with E-state index in [4.69, 9.17) is 0 Å². The Bertz CT molecular complexity index is 862. The first-order valence-electron chi connectivity index (χ1n) is 7.00. The molecule has 23 heavy (non-hydrogen) atoms. The summed E-state index contributed by atoms with van der Waals surface area (Å²) in [6.07, 6.45) is 3.46. The second kappa shape index (κ2) is 6.60. The third kappa shape index (κ3) is 3.48. The lowest BCUT2D eigenvalue weighted by Gasteiger charge is -2.07. The second-order valence-electron chi connectivity index (χ2n) is 5.11. The highest BCUT2D eigenvalue weighted by Gasteiger charge is 2.17. The van der Waals surface area contributed by atoms with Crippen LogP contribution in [0.2, 0.25) is 0 Å². The summed E-state index contributed by atoms with van der Waals surface area (Å²) in [6, 6.07) is 9.60. The van der Waals surface area contributed by atoms with Crippen LogP contribution in [0.4, 0.5) is 5.69 Å². The van der Waals surface area contributed by atoms with Gasteiger partial charge in [-0.25, -0.2) is 4.98 Å². The van der Waals surface area contributed by atoms with Gasteiger partial charge in [0.1, 0.15) is 9.88 Å². The zero-order valence-corrected chi connectivity index (χ0v) is 15.0. The van der Waals surface area contributed by atoms with Crippen molar-refractivity contribution in [2.24, 2.45) is 0 Å². The highest BCUT2D eigenvalue weighted by molar-refractivity contribution is 9.10. The standard InChI is InChI=1S/C17H14BrN3OS/c1-10-5-6-14(13(18)8-10)21-16(22)15-11(2)20-17(23-15)12-4-3-7-19-9-12/h3-9H,1-2H3,(H,21,22). The van der Waals surface area contributed by atoms with E-state index in [1.807, 2.05) is 44.2 Å². The highest BCUT2D eigenvalue weighted by atomic mass is 79.9. The summed E-state index contributed by atoms with van der Waals surface area (Å²) in [5, 5.41) is 3.72. The number of aryl methyl sites for hydroxylation is 2. The first kappa shape index (κ1) is 15.8. The highest BCUT2D eigenvalue weighted by Crippen LogP contribution is 2.29. The van der Waals surface area contributed by atoms with Crippen molar-refractivity contribution in [1.29, 1.82) is 0 Å². The quantitative estimate of drug-likeness (QED) is 0.699. The molecule has 0 saturated carbocycles. The van der Waals surface area contributed by atoms with Crippen molar-refractivity contribution in [3.05, 3.63) is 63.3 Å². The lowest BCUT2D eigenvalue weighted by molar-refractivity contribution is 0.102. The molecule has 0 atom stereocenters. The number of hydrogen-bond acceptors (Lipinski definition) is 4. The third-order valence-corrected chi connectivity index (χ3v) is 5.15. The molecule has 2 aromatic heterocycles. The number of benzene rings is 1. The van der Waals surface area contributed by atoms with Crippen LogP contribution in [0, 0.1) is 13.8 Å². The summed E-state index contributed by atoms with van der Waals surface area (Å²) < 4.78 is 0.862. The van der Waals surface area contributed by atoms with Gasteiger partial charge in [0.2, 0.25) is 0 Å². The number of amides is 1. The fourth-order valence-electron chi connectivity index (χ4n) is 2.12. The minimum Gasteiger partial charge on any atom is -0.320 e. The number of nitrogens with one attached hydrogen (secondary N) is 1. The molecule has 0 aliphatic carbocycles. The maximum Gasteiger partial charge on any atom is 0.267 e. The van der Waals surface area contributed by atoms with Crippen LogP contribution in [0.1, 0.15) is 20.9 Å². The maximum absolute atomic E-state index is 12.5. The minimum atomic E-state index is -0.153. The van der Waals surface area contributed by atoms with Gasteiger partial charge in [-0.3, -0.25) is 9.78 Å². The summed E-state index contributed by atoms with van der Waals surface area (Å²) in [4.78, 5) is 21.7. The Morgan fingerprint density at radius 1 is 1.26 bits per heavy atom. The van der Waals surface area contributed by atoms with Crippen LogP contribution in [0.5, 0.6) is 0 Å². The molecule has 0 radical (unpaired) electrons. The first-order valence-corrected chi connectivity index (χ1v) is 8.61. The summed E-state index contributed by atoms with van der Waals surface area (Å²) in [7, 11) is 0. The third-order valence-electron chi connectivity index (χ3n) is 3.28. The van der Waals surface area contributed by atoms with Crippen LogP contribution >= 0.6 is 27.3 Å². The van der Waals surface area contributed by atoms with Gasteiger partial charge in [-0.2, -0.15) is 0 Å². The SMILES string of the molecule is Cc1ccc(NC(=O)c2sc(-c3cccnc3)nc2C)c(Br)c1. The average molecular weight is 388 g/mol. The zero-order valence-electron chi connectivity index (χ0n) is 12.6. The molecule has 0 aliphatic rings. The molecule has 1 amide bonds. The van der Waals surface area contributed by atoms with Crippen LogP contribution in [0.25, 0.3) is 10.6 Å². The van der Waals surface area contributed by atoms with Crippen molar-refractivity contribution < 1.29 is 4.79 Å². The average Bonchev–Trinajstić information content (AvgIpc) is 2.93. The van der Waals surface area contributed by atoms with E-state index in [2.05, 4.69) is 31.2 Å². The van der Waals surface area contributed by atoms with E-state index in [0.717, 1.165) is 32.0 Å². The Balaban J connectivity index is 1.87. The Kier molecular flexibility index (Phi) is 4.54. The van der Waals surface area contributed by atoms with Crippen LogP contribution in [-0.4, -0.2) is 15.9 Å². The fraction of sp³-hybridized carbons (Fsp3) is 0.118. The van der Waals surface area contributed by atoms with E-state index in [-0.39, 0.29) is 5.91 Å². The molecule has 4 nitrogen and oxygen atoms in total. The molecule has 6 heteroatoms. The van der Waals surface area contributed by atoms with Gasteiger partial charge in [0.15, 0.2) is 0 Å². The molecule has 0 aliphatic heterocycles. The monoisotopic (exact) mass is 387 g/mol. The summed E-state index contributed by atoms with van der Waals surface area (Å²) in [5.74, 6) is -0.153. The lowest BCUT2D eigenvalue weighted by atomic mass is 10.2. The van der Waals surface area contributed by atoms with E-state index in [1.54, 1.807) is 12.4 Å². The molecule has 1 aromatic carbocycles. The predicted octanol–water partition coefficient (Wildman–Crippen LogP) is 4.84. The largest absolute Gasteiger partial charge is 0.320 e. The number of halogens is 1. The number of pyridine rings is 1. The van der Waals surface area contributed by atoms with Crippen LogP contribution in [0.15, 0.2) is 47.2 Å². The lowest BCUT2D eigenvalue weighted by Crippen LogP contribution is -2.12. The number of rotatable bonds is 3. The molecule has 116 valence electrons. The van der Waals surface area contributed by atoms with Gasteiger partial charge in [0, 0.05) is 22.4 Å². The number of anilines is 1. The van der Waals surface area contributed by atoms with E-state index in [1.165, 1.54) is 11.3 Å². The van der Waals surface area contributed by atoms with Crippen molar-refractivity contribution in [3.63, 3.8) is 0 Å². The molecule has 1 N–H and O–H groups in total. The van der Waals surface area contributed by atoms with Gasteiger partial charge < -0.3 is 5.32 Å². The van der Waals surface area contributed by atoms with Crippen molar-refractivity contribution >= 4 is 38.9 Å². The van der Waals surface area contributed by atoms with Gasteiger partial charge in [0.05, 0.1) is 11.4 Å². The van der Waals surface area contributed by atoms with Crippen LogP contribution in [0.3, 0.4) is 0 Å². The van der Waals surface area contributed by atoms with E-state index >= 15 is 0 Å². The van der Waals surface area contributed by atoms with Crippen LogP contribution in [-0.2, 0) is 0 Å². The number of thiazole rings is 1. The number of nitrogens with zero attached hydrogens (tertiary/aromatic N) is 2. The smallest absolute Gasteiger partial charge is 0.267 e. The number of hydrogen-bond donors (Lipinski definition) is 1. The summed E-state index contributed by atoms with van der Waals surface area (Å²) >= 11 is 4.84. The molecule has 3 aromatic rings. The Morgan fingerprint density at radius 3 is 2.78 bits per heavy atom. The van der Waals surface area contributed by atoms with Crippen molar-refractivity contribution in [3.8, 4) is 10.6 Å². The second-order valence-corrected chi connectivity index (χ2v) is 6.97. The van der Waals surface area contributed by atoms with Gasteiger partial charge in [0.25, 0.3) is 5.91 Å². The Labute approximate surface area is 146 Å². The maximum atomic E-state index is 12.5. The molecule has 0 spiro atoms. The van der Waals surface area contributed by atoms with E-state index in [9.17, 15) is 4.79 Å². The van der Waals surface area contributed by atoms with E-state index in [0.29, 0.717) is 4.88 Å². The van der Waals surface area contributed by atoms with Gasteiger partial charge >= 0.3 is 0 Å². The molecular weight excluding hydrogens is 374 g/mol. The van der Waals surface area contributed by atoms with Crippen molar-refractivity contribution in [2.45, 2.75) is 13.8 Å². The molecule has 3 rings (SSSR count). The zero-order chi connectivity index (χ0) is 16.4. The molecule has 0 bridgehead atoms. The molecular formula is C17H14BrN3OS. The number of carbonyl (C=O) groups is 1. The van der Waals surface area contributed by atoms with Gasteiger partial charge in [-0.15, -0.1) is 11.3 Å². The number of aromatic nitrogens is 2. The van der Waals surface area contributed by atoms with Crippen molar-refractivity contribution in [2.75, 3.05) is 5.32 Å². The Morgan fingerprint density at radius 2 is 2.09 bits per heavy atom. The molecule has 0 fully saturated rings. The van der Waals surface area contributed by atoms with E-state index < -0.39 is 0 Å². The first-order chi connectivity index (χ1) is 11.0. The topological polar surface area (TPSA) is 54.9 Å². The fourth-order valence-corrected chi connectivity index (χ4v) is 3.66. The minimum absolute atomic E-state index is 0.153. The van der Waals surface area contributed by atoms with Gasteiger partial charge in [-0.1, -0.05) is 6.07 Å². The molecule has 0 saturated heterocycles. The van der Waals surface area contributed by atoms with Crippen LogP contribution < -0.4 is 5.32 Å².